The van der Waals surface area contributed by atoms with Gasteiger partial charge in [0.2, 0.25) is 0 Å². The van der Waals surface area contributed by atoms with E-state index in [0.29, 0.717) is 6.04 Å². The summed E-state index contributed by atoms with van der Waals surface area (Å²) in [4.78, 5) is 1.38. The summed E-state index contributed by atoms with van der Waals surface area (Å²) in [7, 11) is 1.75. The quantitative estimate of drug-likeness (QED) is 0.784. The predicted molar refractivity (Wildman–Crippen MR) is 62.0 cm³/mol. The fourth-order valence-corrected chi connectivity index (χ4v) is 2.27. The lowest BCUT2D eigenvalue weighted by Gasteiger charge is -2.17. The van der Waals surface area contributed by atoms with E-state index in [1.165, 1.54) is 10.4 Å². The Bertz CT molecular complexity index is 260. The molecule has 0 fully saturated rings. The lowest BCUT2D eigenvalue weighted by atomic mass is 10.1. The average molecular weight is 213 g/mol. The predicted octanol–water partition coefficient (Wildman–Crippen LogP) is 2.74. The number of hydrogen-bond acceptors (Lipinski definition) is 3. The molecule has 0 aromatic carbocycles. The van der Waals surface area contributed by atoms with Gasteiger partial charge < -0.3 is 10.1 Å². The monoisotopic (exact) mass is 213 g/mol. The van der Waals surface area contributed by atoms with E-state index in [0.717, 1.165) is 19.6 Å². The van der Waals surface area contributed by atoms with E-state index in [9.17, 15) is 0 Å². The van der Waals surface area contributed by atoms with Crippen molar-refractivity contribution in [2.75, 3.05) is 20.3 Å². The van der Waals surface area contributed by atoms with Crippen LogP contribution in [0.1, 0.15) is 29.8 Å². The molecule has 0 saturated heterocycles. The number of methoxy groups -OCH3 is 1. The van der Waals surface area contributed by atoms with Crippen LogP contribution >= 0.6 is 11.3 Å². The van der Waals surface area contributed by atoms with Gasteiger partial charge in [0.25, 0.3) is 0 Å². The number of rotatable bonds is 6. The molecule has 14 heavy (non-hydrogen) atoms. The molecule has 1 unspecified atom stereocenters. The van der Waals surface area contributed by atoms with Gasteiger partial charge in [-0.3, -0.25) is 0 Å². The van der Waals surface area contributed by atoms with Crippen LogP contribution in [0.2, 0.25) is 0 Å². The Morgan fingerprint density at radius 1 is 1.57 bits per heavy atom. The van der Waals surface area contributed by atoms with Gasteiger partial charge >= 0.3 is 0 Å². The van der Waals surface area contributed by atoms with Crippen molar-refractivity contribution in [1.82, 2.24) is 5.32 Å². The Kier molecular flexibility index (Phi) is 5.15. The van der Waals surface area contributed by atoms with Crippen LogP contribution in [-0.4, -0.2) is 20.3 Å². The molecule has 80 valence electrons. The fraction of sp³-hybridized carbons (Fsp3) is 0.636. The first-order valence-electron chi connectivity index (χ1n) is 5.06. The maximum absolute atomic E-state index is 5.22. The molecule has 3 heteroatoms. The third kappa shape index (κ3) is 3.08. The number of ether oxygens (including phenoxy) is 1. The smallest absolute Gasteiger partial charge is 0.0658 e. The first-order valence-corrected chi connectivity index (χ1v) is 5.93. The molecule has 2 nitrogen and oxygen atoms in total. The number of nitrogens with one attached hydrogen (secondary N) is 1. The van der Waals surface area contributed by atoms with Crippen molar-refractivity contribution < 1.29 is 4.74 Å². The molecule has 0 aliphatic rings. The Morgan fingerprint density at radius 2 is 2.36 bits per heavy atom. The van der Waals surface area contributed by atoms with Crippen LogP contribution in [0, 0.1) is 6.92 Å². The van der Waals surface area contributed by atoms with Crippen LogP contribution in [0.3, 0.4) is 0 Å². The van der Waals surface area contributed by atoms with E-state index >= 15 is 0 Å². The van der Waals surface area contributed by atoms with Gasteiger partial charge in [-0.2, -0.15) is 0 Å². The van der Waals surface area contributed by atoms with E-state index in [-0.39, 0.29) is 0 Å². The van der Waals surface area contributed by atoms with Gasteiger partial charge in [0, 0.05) is 12.0 Å². The molecule has 0 radical (unpaired) electrons. The summed E-state index contributed by atoms with van der Waals surface area (Å²) in [5.41, 5.74) is 1.38. The summed E-state index contributed by atoms with van der Waals surface area (Å²) in [6.45, 7) is 6.13. The van der Waals surface area contributed by atoms with Gasteiger partial charge in [0.05, 0.1) is 12.6 Å². The number of thiophene rings is 1. The third-order valence-corrected chi connectivity index (χ3v) is 3.11. The summed E-state index contributed by atoms with van der Waals surface area (Å²) in [6, 6.07) is 2.54. The summed E-state index contributed by atoms with van der Waals surface area (Å²) in [6.07, 6.45) is 1.16. The summed E-state index contributed by atoms with van der Waals surface area (Å²) in [5.74, 6) is 0. The van der Waals surface area contributed by atoms with Crippen molar-refractivity contribution in [1.29, 1.82) is 0 Å². The summed E-state index contributed by atoms with van der Waals surface area (Å²) < 4.78 is 5.22. The fourth-order valence-electron chi connectivity index (χ4n) is 1.50. The Hall–Kier alpha value is -0.380. The van der Waals surface area contributed by atoms with Gasteiger partial charge in [-0.15, -0.1) is 11.3 Å². The van der Waals surface area contributed by atoms with E-state index < -0.39 is 0 Å². The molecular formula is C11H19NOS. The Balaban J connectivity index is 2.62. The van der Waals surface area contributed by atoms with E-state index in [1.54, 1.807) is 18.4 Å². The SMILES string of the molecule is CCCNC(COC)c1ccsc1C. The minimum Gasteiger partial charge on any atom is -0.383 e. The lowest BCUT2D eigenvalue weighted by Crippen LogP contribution is -2.26. The highest BCUT2D eigenvalue weighted by Gasteiger charge is 2.12. The number of aryl methyl sites for hydroxylation is 1. The molecule has 1 aromatic heterocycles. The first-order chi connectivity index (χ1) is 6.79. The van der Waals surface area contributed by atoms with Crippen LogP contribution in [0.5, 0.6) is 0 Å². The minimum atomic E-state index is 0.353. The molecule has 0 aliphatic carbocycles. The first kappa shape index (κ1) is 11.7. The van der Waals surface area contributed by atoms with E-state index in [1.807, 2.05) is 0 Å². The molecule has 0 aliphatic heterocycles. The zero-order chi connectivity index (χ0) is 10.4. The summed E-state index contributed by atoms with van der Waals surface area (Å²) in [5, 5.41) is 5.64. The van der Waals surface area contributed by atoms with Crippen molar-refractivity contribution in [3.05, 3.63) is 21.9 Å². The maximum Gasteiger partial charge on any atom is 0.0658 e. The molecular weight excluding hydrogens is 194 g/mol. The lowest BCUT2D eigenvalue weighted by molar-refractivity contribution is 0.167. The number of hydrogen-bond donors (Lipinski definition) is 1. The molecule has 0 amide bonds. The van der Waals surface area contributed by atoms with Gasteiger partial charge in [0.15, 0.2) is 0 Å². The minimum absolute atomic E-state index is 0.353. The van der Waals surface area contributed by atoms with Gasteiger partial charge in [-0.25, -0.2) is 0 Å². The largest absolute Gasteiger partial charge is 0.383 e. The van der Waals surface area contributed by atoms with Crippen LogP contribution in [0.25, 0.3) is 0 Å². The van der Waals surface area contributed by atoms with Crippen molar-refractivity contribution in [3.8, 4) is 0 Å². The highest BCUT2D eigenvalue weighted by molar-refractivity contribution is 7.10. The second kappa shape index (κ2) is 6.17. The average Bonchev–Trinajstić information content (AvgIpc) is 2.59. The molecule has 1 atom stereocenters. The zero-order valence-electron chi connectivity index (χ0n) is 9.17. The molecule has 1 aromatic rings. The maximum atomic E-state index is 5.22. The molecule has 1 N–H and O–H groups in total. The topological polar surface area (TPSA) is 21.3 Å². The molecule has 1 heterocycles. The van der Waals surface area contributed by atoms with Crippen LogP contribution in [0.15, 0.2) is 11.4 Å². The second-order valence-electron chi connectivity index (χ2n) is 3.39. The van der Waals surface area contributed by atoms with Crippen molar-refractivity contribution in [3.63, 3.8) is 0 Å². The zero-order valence-corrected chi connectivity index (χ0v) is 9.99. The molecule has 0 bridgehead atoms. The highest BCUT2D eigenvalue weighted by Crippen LogP contribution is 2.22. The molecule has 1 rings (SSSR count). The van der Waals surface area contributed by atoms with Crippen LogP contribution in [0.4, 0.5) is 0 Å². The second-order valence-corrected chi connectivity index (χ2v) is 4.51. The van der Waals surface area contributed by atoms with Crippen molar-refractivity contribution in [2.45, 2.75) is 26.3 Å². The van der Waals surface area contributed by atoms with Gasteiger partial charge in [0.1, 0.15) is 0 Å². The Labute approximate surface area is 90.3 Å². The third-order valence-electron chi connectivity index (χ3n) is 2.25. The van der Waals surface area contributed by atoms with Gasteiger partial charge in [-0.05, 0) is 36.9 Å². The van der Waals surface area contributed by atoms with E-state index in [2.05, 4.69) is 30.6 Å². The van der Waals surface area contributed by atoms with Gasteiger partial charge in [-0.1, -0.05) is 6.92 Å². The van der Waals surface area contributed by atoms with Crippen LogP contribution in [-0.2, 0) is 4.74 Å². The van der Waals surface area contributed by atoms with E-state index in [4.69, 9.17) is 4.74 Å². The highest BCUT2D eigenvalue weighted by atomic mass is 32.1. The normalized spacial score (nSPS) is 13.1. The molecule has 0 saturated carbocycles. The Morgan fingerprint density at radius 3 is 2.86 bits per heavy atom. The van der Waals surface area contributed by atoms with Crippen molar-refractivity contribution in [2.24, 2.45) is 0 Å². The molecule has 0 spiro atoms. The standard InChI is InChI=1S/C11H19NOS/c1-4-6-12-11(8-13-3)10-5-7-14-9(10)2/h5,7,11-12H,4,6,8H2,1-3H3. The summed E-state index contributed by atoms with van der Waals surface area (Å²) >= 11 is 1.80. The van der Waals surface area contributed by atoms with Crippen LogP contribution < -0.4 is 5.32 Å². The van der Waals surface area contributed by atoms with Crippen molar-refractivity contribution >= 4 is 11.3 Å².